The first-order valence-corrected chi connectivity index (χ1v) is 5.61. The van der Waals surface area contributed by atoms with E-state index in [1.165, 1.54) is 0 Å². The summed E-state index contributed by atoms with van der Waals surface area (Å²) >= 11 is 0. The lowest BCUT2D eigenvalue weighted by molar-refractivity contribution is -0.129. The molecular formula is C14H11NO3. The number of fused-ring (bicyclic) bond motifs is 1. The second-order valence-electron chi connectivity index (χ2n) is 4.10. The first-order valence-electron chi connectivity index (χ1n) is 5.61. The molecule has 1 atom stereocenters. The Balaban J connectivity index is 2.17. The molecule has 0 radical (unpaired) electrons. The van der Waals surface area contributed by atoms with Gasteiger partial charge in [-0.25, -0.2) is 0 Å². The van der Waals surface area contributed by atoms with Crippen LogP contribution in [0.3, 0.4) is 0 Å². The summed E-state index contributed by atoms with van der Waals surface area (Å²) in [7, 11) is 0. The molecule has 2 N–H and O–H groups in total. The molecule has 1 aliphatic rings. The lowest BCUT2D eigenvalue weighted by Gasteiger charge is -2.25. The van der Waals surface area contributed by atoms with E-state index in [-0.39, 0.29) is 11.7 Å². The Hall–Kier alpha value is -2.49. The van der Waals surface area contributed by atoms with E-state index in [1.807, 2.05) is 18.2 Å². The maximum atomic E-state index is 12.0. The van der Waals surface area contributed by atoms with E-state index in [0.717, 1.165) is 5.56 Å². The summed E-state index contributed by atoms with van der Waals surface area (Å²) in [6, 6.07) is 14.1. The minimum atomic E-state index is -0.545. The van der Waals surface area contributed by atoms with Gasteiger partial charge in [-0.3, -0.25) is 4.79 Å². The van der Waals surface area contributed by atoms with Crippen molar-refractivity contribution < 1.29 is 14.7 Å². The third-order valence-corrected chi connectivity index (χ3v) is 3.00. The standard InChI is InChI=1S/C14H11NO3/c16-11-7-3-1-5-9(11)13-10-6-2-4-8-12(10)18-15-14(13)17/h1-8,13,16H,(H,15,17). The van der Waals surface area contributed by atoms with E-state index < -0.39 is 5.92 Å². The van der Waals surface area contributed by atoms with E-state index in [9.17, 15) is 9.90 Å². The number of amides is 1. The van der Waals surface area contributed by atoms with Crippen molar-refractivity contribution in [2.24, 2.45) is 0 Å². The summed E-state index contributed by atoms with van der Waals surface area (Å²) in [5, 5.41) is 9.89. The zero-order valence-electron chi connectivity index (χ0n) is 9.46. The lowest BCUT2D eigenvalue weighted by Crippen LogP contribution is -2.37. The molecule has 0 saturated carbocycles. The average molecular weight is 241 g/mol. The Morgan fingerprint density at radius 3 is 2.44 bits per heavy atom. The van der Waals surface area contributed by atoms with Gasteiger partial charge in [0.15, 0.2) is 5.75 Å². The highest BCUT2D eigenvalue weighted by molar-refractivity contribution is 5.89. The Labute approximate surface area is 104 Å². The minimum Gasteiger partial charge on any atom is -0.508 e. The van der Waals surface area contributed by atoms with Crippen LogP contribution in [0.15, 0.2) is 48.5 Å². The number of carbonyl (C=O) groups is 1. The van der Waals surface area contributed by atoms with Crippen LogP contribution in [0.5, 0.6) is 11.5 Å². The summed E-state index contributed by atoms with van der Waals surface area (Å²) < 4.78 is 0. The fraction of sp³-hybridized carbons (Fsp3) is 0.0714. The van der Waals surface area contributed by atoms with Crippen molar-refractivity contribution in [1.29, 1.82) is 0 Å². The van der Waals surface area contributed by atoms with Crippen molar-refractivity contribution in [3.8, 4) is 11.5 Å². The van der Waals surface area contributed by atoms with Gasteiger partial charge in [0, 0.05) is 11.1 Å². The van der Waals surface area contributed by atoms with E-state index in [2.05, 4.69) is 5.48 Å². The van der Waals surface area contributed by atoms with Gasteiger partial charge in [0.25, 0.3) is 5.91 Å². The van der Waals surface area contributed by atoms with Crippen molar-refractivity contribution in [3.05, 3.63) is 59.7 Å². The van der Waals surface area contributed by atoms with Crippen LogP contribution in [0.1, 0.15) is 17.0 Å². The Morgan fingerprint density at radius 1 is 1.00 bits per heavy atom. The fourth-order valence-corrected chi connectivity index (χ4v) is 2.16. The number of para-hydroxylation sites is 2. The number of phenolic OH excluding ortho intramolecular Hbond substituents is 1. The smallest absolute Gasteiger partial charge is 0.264 e. The molecular weight excluding hydrogens is 230 g/mol. The number of hydrogen-bond donors (Lipinski definition) is 2. The van der Waals surface area contributed by atoms with Gasteiger partial charge in [-0.15, -0.1) is 0 Å². The van der Waals surface area contributed by atoms with Crippen molar-refractivity contribution in [2.75, 3.05) is 0 Å². The molecule has 90 valence electrons. The van der Waals surface area contributed by atoms with Crippen molar-refractivity contribution in [1.82, 2.24) is 5.48 Å². The average Bonchev–Trinajstić information content (AvgIpc) is 2.40. The number of phenols is 1. The molecule has 4 heteroatoms. The molecule has 1 aliphatic heterocycles. The Bertz CT molecular complexity index is 609. The highest BCUT2D eigenvalue weighted by Crippen LogP contribution is 2.37. The number of hydroxylamine groups is 1. The fourth-order valence-electron chi connectivity index (χ4n) is 2.16. The van der Waals surface area contributed by atoms with Gasteiger partial charge in [0.05, 0.1) is 5.92 Å². The number of carbonyl (C=O) groups excluding carboxylic acids is 1. The number of hydrogen-bond acceptors (Lipinski definition) is 3. The summed E-state index contributed by atoms with van der Waals surface area (Å²) in [6.45, 7) is 0. The van der Waals surface area contributed by atoms with E-state index in [1.54, 1.807) is 30.3 Å². The monoisotopic (exact) mass is 241 g/mol. The molecule has 0 bridgehead atoms. The molecule has 18 heavy (non-hydrogen) atoms. The molecule has 2 aromatic rings. The topological polar surface area (TPSA) is 58.6 Å². The van der Waals surface area contributed by atoms with Gasteiger partial charge >= 0.3 is 0 Å². The van der Waals surface area contributed by atoms with Gasteiger partial charge in [0.2, 0.25) is 0 Å². The van der Waals surface area contributed by atoms with Crippen molar-refractivity contribution in [2.45, 2.75) is 5.92 Å². The molecule has 4 nitrogen and oxygen atoms in total. The molecule has 0 aromatic heterocycles. The number of aromatic hydroxyl groups is 1. The van der Waals surface area contributed by atoms with Crippen LogP contribution in [-0.4, -0.2) is 11.0 Å². The van der Waals surface area contributed by atoms with E-state index in [4.69, 9.17) is 4.84 Å². The van der Waals surface area contributed by atoms with Crippen molar-refractivity contribution in [3.63, 3.8) is 0 Å². The highest BCUT2D eigenvalue weighted by atomic mass is 16.7. The first kappa shape index (κ1) is 10.7. The third kappa shape index (κ3) is 1.59. The van der Waals surface area contributed by atoms with Crippen LogP contribution in [0.2, 0.25) is 0 Å². The lowest BCUT2D eigenvalue weighted by atomic mass is 9.89. The second-order valence-corrected chi connectivity index (χ2v) is 4.10. The summed E-state index contributed by atoms with van der Waals surface area (Å²) in [5.74, 6) is -0.119. The maximum absolute atomic E-state index is 12.0. The van der Waals surface area contributed by atoms with Gasteiger partial charge in [-0.2, -0.15) is 5.48 Å². The molecule has 0 spiro atoms. The number of nitrogens with one attached hydrogen (secondary N) is 1. The largest absolute Gasteiger partial charge is 0.508 e. The predicted octanol–water partition coefficient (Wildman–Crippen LogP) is 1.95. The second kappa shape index (κ2) is 4.07. The summed E-state index contributed by atoms with van der Waals surface area (Å²) in [5.41, 5.74) is 3.69. The minimum absolute atomic E-state index is 0.106. The zero-order valence-corrected chi connectivity index (χ0v) is 9.46. The van der Waals surface area contributed by atoms with Crippen LogP contribution in [0.4, 0.5) is 0 Å². The van der Waals surface area contributed by atoms with Gasteiger partial charge in [0.1, 0.15) is 5.75 Å². The molecule has 2 aromatic carbocycles. The molecule has 1 unspecified atom stereocenters. The van der Waals surface area contributed by atoms with Crippen LogP contribution >= 0.6 is 0 Å². The van der Waals surface area contributed by atoms with Crippen LogP contribution in [0.25, 0.3) is 0 Å². The zero-order chi connectivity index (χ0) is 12.5. The first-order chi connectivity index (χ1) is 8.77. The molecule has 0 saturated heterocycles. The molecule has 0 fully saturated rings. The van der Waals surface area contributed by atoms with Gasteiger partial charge < -0.3 is 9.94 Å². The van der Waals surface area contributed by atoms with Crippen molar-refractivity contribution >= 4 is 5.91 Å². The highest BCUT2D eigenvalue weighted by Gasteiger charge is 2.31. The van der Waals surface area contributed by atoms with Crippen LogP contribution < -0.4 is 10.3 Å². The SMILES string of the molecule is O=C1NOc2ccccc2C1c1ccccc1O. The summed E-state index contributed by atoms with van der Waals surface area (Å²) in [4.78, 5) is 17.1. The molecule has 1 amide bonds. The maximum Gasteiger partial charge on any atom is 0.264 e. The Kier molecular flexibility index (Phi) is 2.41. The molecule has 3 rings (SSSR count). The molecule has 1 heterocycles. The predicted molar refractivity (Wildman–Crippen MR) is 65.2 cm³/mol. The van der Waals surface area contributed by atoms with Gasteiger partial charge in [-0.1, -0.05) is 36.4 Å². The van der Waals surface area contributed by atoms with E-state index in [0.29, 0.717) is 11.3 Å². The van der Waals surface area contributed by atoms with Gasteiger partial charge in [-0.05, 0) is 12.1 Å². The summed E-state index contributed by atoms with van der Waals surface area (Å²) in [6.07, 6.45) is 0. The Morgan fingerprint density at radius 2 is 1.67 bits per heavy atom. The molecule has 0 aliphatic carbocycles. The van der Waals surface area contributed by atoms with E-state index >= 15 is 0 Å². The normalized spacial score (nSPS) is 17.6. The quantitative estimate of drug-likeness (QED) is 0.802. The number of rotatable bonds is 1. The number of benzene rings is 2. The van der Waals surface area contributed by atoms with Crippen LogP contribution in [-0.2, 0) is 4.79 Å². The third-order valence-electron chi connectivity index (χ3n) is 3.00. The van der Waals surface area contributed by atoms with Crippen LogP contribution in [0, 0.1) is 0 Å².